The number of nitrogens with one attached hydrogen (secondary N) is 1. The quantitative estimate of drug-likeness (QED) is 0.751. The first-order chi connectivity index (χ1) is 12.6. The molecule has 4 aliphatic rings. The molecule has 1 N–H and O–H groups in total. The Morgan fingerprint density at radius 2 is 1.85 bits per heavy atom. The number of hydrogen-bond acceptors (Lipinski definition) is 5. The highest BCUT2D eigenvalue weighted by Gasteiger charge is 2.52. The number of amides is 4. The topological polar surface area (TPSA) is 88.2 Å². The van der Waals surface area contributed by atoms with Crippen LogP contribution in [0.15, 0.2) is 0 Å². The molecule has 1 spiro atoms. The van der Waals surface area contributed by atoms with E-state index in [2.05, 4.69) is 5.32 Å². The Balaban J connectivity index is 1.37. The molecule has 1 atom stereocenters. The maximum absolute atomic E-state index is 12.8. The van der Waals surface area contributed by atoms with E-state index in [1.54, 1.807) is 0 Å². The smallest absolute Gasteiger partial charge is 0.325 e. The van der Waals surface area contributed by atoms with Crippen molar-refractivity contribution in [3.63, 3.8) is 0 Å². The summed E-state index contributed by atoms with van der Waals surface area (Å²) in [6.07, 6.45) is 5.98. The summed E-state index contributed by atoms with van der Waals surface area (Å²) in [7, 11) is 0. The van der Waals surface area contributed by atoms with E-state index < -0.39 is 5.54 Å². The molecule has 0 bridgehead atoms. The maximum Gasteiger partial charge on any atom is 0.325 e. The van der Waals surface area contributed by atoms with Gasteiger partial charge in [-0.3, -0.25) is 14.5 Å². The van der Waals surface area contributed by atoms with E-state index in [1.807, 2.05) is 4.90 Å². The van der Waals surface area contributed by atoms with Crippen LogP contribution in [0.3, 0.4) is 0 Å². The highest BCUT2D eigenvalue weighted by Crippen LogP contribution is 2.35. The minimum atomic E-state index is -0.709. The number of carbonyl (C=O) groups excluding carboxylic acids is 3. The molecule has 0 radical (unpaired) electrons. The zero-order valence-corrected chi connectivity index (χ0v) is 15.1. The molecule has 1 saturated carbocycles. The third-order valence-electron chi connectivity index (χ3n) is 6.08. The van der Waals surface area contributed by atoms with Gasteiger partial charge >= 0.3 is 6.03 Å². The number of piperidine rings is 1. The Morgan fingerprint density at radius 1 is 1.12 bits per heavy atom. The molecule has 0 aromatic heterocycles. The van der Waals surface area contributed by atoms with Gasteiger partial charge in [0.15, 0.2) is 6.29 Å². The lowest BCUT2D eigenvalue weighted by atomic mass is 9.98. The monoisotopic (exact) mass is 365 g/mol. The predicted molar refractivity (Wildman–Crippen MR) is 91.1 cm³/mol. The Labute approximate surface area is 153 Å². The molecule has 4 fully saturated rings. The van der Waals surface area contributed by atoms with Crippen LogP contribution in [0.1, 0.15) is 51.4 Å². The normalized spacial score (nSPS) is 29.0. The number of nitrogens with zero attached hydrogens (tertiary/aromatic N) is 2. The summed E-state index contributed by atoms with van der Waals surface area (Å²) < 4.78 is 11.2. The van der Waals surface area contributed by atoms with Crippen LogP contribution in [0.5, 0.6) is 0 Å². The van der Waals surface area contributed by atoms with E-state index in [9.17, 15) is 14.4 Å². The Morgan fingerprint density at radius 3 is 2.58 bits per heavy atom. The molecule has 3 saturated heterocycles. The Hall–Kier alpha value is -1.67. The fourth-order valence-electron chi connectivity index (χ4n) is 4.70. The van der Waals surface area contributed by atoms with Gasteiger partial charge in [-0.2, -0.15) is 0 Å². The first-order valence-electron chi connectivity index (χ1n) is 9.77. The minimum absolute atomic E-state index is 0.0400. The molecule has 1 aliphatic carbocycles. The van der Waals surface area contributed by atoms with Gasteiger partial charge in [0.05, 0.1) is 19.3 Å². The molecule has 4 amide bonds. The fourth-order valence-corrected chi connectivity index (χ4v) is 4.70. The summed E-state index contributed by atoms with van der Waals surface area (Å²) in [4.78, 5) is 40.8. The number of urea groups is 1. The van der Waals surface area contributed by atoms with E-state index in [0.29, 0.717) is 32.6 Å². The lowest BCUT2D eigenvalue weighted by Gasteiger charge is -2.38. The van der Waals surface area contributed by atoms with Gasteiger partial charge in [0.25, 0.3) is 5.91 Å². The molecule has 0 aromatic rings. The van der Waals surface area contributed by atoms with E-state index in [4.69, 9.17) is 9.47 Å². The zero-order chi connectivity index (χ0) is 18.1. The maximum atomic E-state index is 12.8. The lowest BCUT2D eigenvalue weighted by molar-refractivity contribution is -0.151. The van der Waals surface area contributed by atoms with Crippen LogP contribution >= 0.6 is 0 Å². The van der Waals surface area contributed by atoms with Crippen LogP contribution in [-0.4, -0.2) is 71.8 Å². The average molecular weight is 365 g/mol. The molecule has 8 heteroatoms. The van der Waals surface area contributed by atoms with E-state index >= 15 is 0 Å². The van der Waals surface area contributed by atoms with Gasteiger partial charge in [-0.05, 0) is 32.1 Å². The molecule has 0 aromatic carbocycles. The van der Waals surface area contributed by atoms with Crippen molar-refractivity contribution in [3.8, 4) is 0 Å². The van der Waals surface area contributed by atoms with E-state index in [0.717, 1.165) is 32.1 Å². The van der Waals surface area contributed by atoms with Crippen LogP contribution in [0, 0.1) is 0 Å². The number of rotatable bonds is 4. The number of likely N-dealkylation sites (tertiary alicyclic amines) is 1. The number of imide groups is 1. The van der Waals surface area contributed by atoms with Crippen molar-refractivity contribution in [2.24, 2.45) is 0 Å². The van der Waals surface area contributed by atoms with E-state index in [-0.39, 0.29) is 43.1 Å². The van der Waals surface area contributed by atoms with Crippen molar-refractivity contribution in [1.29, 1.82) is 0 Å². The number of hydrogen-bond donors (Lipinski definition) is 1. The van der Waals surface area contributed by atoms with Crippen molar-refractivity contribution in [2.45, 2.75) is 69.2 Å². The second kappa shape index (κ2) is 7.15. The van der Waals surface area contributed by atoms with Crippen molar-refractivity contribution in [1.82, 2.24) is 15.1 Å². The van der Waals surface area contributed by atoms with Crippen LogP contribution in [0.2, 0.25) is 0 Å². The second-order valence-electron chi connectivity index (χ2n) is 7.69. The Kier molecular flexibility index (Phi) is 4.88. The molecule has 1 unspecified atom stereocenters. The summed E-state index contributed by atoms with van der Waals surface area (Å²) in [5.74, 6) is -0.202. The molecule has 3 aliphatic heterocycles. The SMILES string of the molecule is O=C1NC2(CCCC2)C(=O)N1CCC(=O)N1CCCCC1C1OCCO1. The van der Waals surface area contributed by atoms with Crippen molar-refractivity contribution in [2.75, 3.05) is 26.3 Å². The number of ether oxygens (including phenoxy) is 2. The summed E-state index contributed by atoms with van der Waals surface area (Å²) in [5.41, 5.74) is -0.709. The number of carbonyl (C=O) groups is 3. The van der Waals surface area contributed by atoms with Gasteiger partial charge in [0, 0.05) is 19.5 Å². The molecular weight excluding hydrogens is 338 g/mol. The standard InChI is InChI=1S/C18H27N3O5/c22-14(20-9-4-1-5-13(20)15-25-11-12-26-15)6-10-21-16(23)18(19-17(21)24)7-2-3-8-18/h13,15H,1-12H2,(H,19,24). The van der Waals surface area contributed by atoms with Gasteiger partial charge in [0.1, 0.15) is 5.54 Å². The third kappa shape index (κ3) is 3.09. The molecule has 4 rings (SSSR count). The summed E-state index contributed by atoms with van der Waals surface area (Å²) in [5, 5.41) is 2.86. The first kappa shape index (κ1) is 17.7. The third-order valence-corrected chi connectivity index (χ3v) is 6.08. The van der Waals surface area contributed by atoms with Gasteiger partial charge in [0.2, 0.25) is 5.91 Å². The van der Waals surface area contributed by atoms with Crippen LogP contribution < -0.4 is 5.32 Å². The molecule has 26 heavy (non-hydrogen) atoms. The van der Waals surface area contributed by atoms with Crippen molar-refractivity contribution >= 4 is 17.8 Å². The van der Waals surface area contributed by atoms with Crippen LogP contribution in [0.25, 0.3) is 0 Å². The van der Waals surface area contributed by atoms with E-state index in [1.165, 1.54) is 4.90 Å². The Bertz CT molecular complexity index is 583. The highest BCUT2D eigenvalue weighted by molar-refractivity contribution is 6.07. The van der Waals surface area contributed by atoms with Crippen molar-refractivity contribution in [3.05, 3.63) is 0 Å². The highest BCUT2D eigenvalue weighted by atomic mass is 16.7. The fraction of sp³-hybridized carbons (Fsp3) is 0.833. The summed E-state index contributed by atoms with van der Waals surface area (Å²) >= 11 is 0. The summed E-state index contributed by atoms with van der Waals surface area (Å²) in [6, 6.07) is -0.426. The van der Waals surface area contributed by atoms with Gasteiger partial charge < -0.3 is 19.7 Å². The molecule has 3 heterocycles. The molecule has 144 valence electrons. The van der Waals surface area contributed by atoms with Crippen LogP contribution in [0.4, 0.5) is 4.79 Å². The van der Waals surface area contributed by atoms with Gasteiger partial charge in [-0.25, -0.2) is 4.79 Å². The lowest BCUT2D eigenvalue weighted by Crippen LogP contribution is -2.51. The second-order valence-corrected chi connectivity index (χ2v) is 7.69. The predicted octanol–water partition coefficient (Wildman–Crippen LogP) is 0.995. The van der Waals surface area contributed by atoms with Crippen LogP contribution in [-0.2, 0) is 19.1 Å². The largest absolute Gasteiger partial charge is 0.348 e. The summed E-state index contributed by atoms with van der Waals surface area (Å²) in [6.45, 7) is 1.94. The van der Waals surface area contributed by atoms with Gasteiger partial charge in [-0.1, -0.05) is 12.8 Å². The first-order valence-corrected chi connectivity index (χ1v) is 9.77. The average Bonchev–Trinajstić information content (AvgIpc) is 3.37. The minimum Gasteiger partial charge on any atom is -0.348 e. The molecule has 8 nitrogen and oxygen atoms in total. The van der Waals surface area contributed by atoms with Gasteiger partial charge in [-0.15, -0.1) is 0 Å². The van der Waals surface area contributed by atoms with Crippen molar-refractivity contribution < 1.29 is 23.9 Å². The molecular formula is C18H27N3O5. The zero-order valence-electron chi connectivity index (χ0n) is 15.1.